The van der Waals surface area contributed by atoms with Crippen molar-refractivity contribution in [1.82, 2.24) is 14.8 Å². The summed E-state index contributed by atoms with van der Waals surface area (Å²) in [6.07, 6.45) is 1.62. The molecule has 0 aliphatic heterocycles. The highest BCUT2D eigenvalue weighted by atomic mass is 35.5. The minimum absolute atomic E-state index is 0.197. The number of nitrogens with one attached hydrogen (secondary N) is 1. The smallest absolute Gasteiger partial charge is 0.237 e. The summed E-state index contributed by atoms with van der Waals surface area (Å²) >= 11 is 13.3. The molecule has 0 saturated carbocycles. The first-order chi connectivity index (χ1) is 12.0. The lowest BCUT2D eigenvalue weighted by molar-refractivity contribution is -0.115. The predicted molar refractivity (Wildman–Crippen MR) is 102 cm³/mol. The normalized spacial score (nSPS) is 12.0. The van der Waals surface area contributed by atoms with Crippen molar-refractivity contribution in [1.29, 1.82) is 0 Å². The van der Waals surface area contributed by atoms with Crippen LogP contribution in [0.15, 0.2) is 60.0 Å². The highest BCUT2D eigenvalue weighted by Gasteiger charge is 2.19. The Morgan fingerprint density at radius 2 is 1.96 bits per heavy atom. The maximum Gasteiger partial charge on any atom is 0.237 e. The minimum Gasteiger partial charge on any atom is -0.324 e. The molecule has 0 bridgehead atoms. The highest BCUT2D eigenvalue weighted by molar-refractivity contribution is 8.00. The third-order valence-electron chi connectivity index (χ3n) is 3.39. The molecule has 1 atom stereocenters. The van der Waals surface area contributed by atoms with Crippen LogP contribution in [0.5, 0.6) is 0 Å². The van der Waals surface area contributed by atoms with Crippen molar-refractivity contribution in [2.24, 2.45) is 0 Å². The summed E-state index contributed by atoms with van der Waals surface area (Å²) in [4.78, 5) is 12.5. The van der Waals surface area contributed by atoms with Gasteiger partial charge in [-0.1, -0.05) is 53.2 Å². The van der Waals surface area contributed by atoms with Gasteiger partial charge in [0.05, 0.1) is 16.0 Å². The lowest BCUT2D eigenvalue weighted by Crippen LogP contribution is -2.23. The lowest BCUT2D eigenvalue weighted by Gasteiger charge is -2.13. The maximum atomic E-state index is 12.5. The van der Waals surface area contributed by atoms with Crippen LogP contribution in [0.4, 0.5) is 5.69 Å². The molecule has 2 aromatic carbocycles. The van der Waals surface area contributed by atoms with Gasteiger partial charge in [0.25, 0.3) is 0 Å². The van der Waals surface area contributed by atoms with Gasteiger partial charge >= 0.3 is 0 Å². The molecule has 0 aliphatic carbocycles. The van der Waals surface area contributed by atoms with Crippen LogP contribution in [-0.2, 0) is 4.79 Å². The molecule has 3 aromatic rings. The van der Waals surface area contributed by atoms with E-state index in [1.54, 1.807) is 31.5 Å². The topological polar surface area (TPSA) is 59.8 Å². The van der Waals surface area contributed by atoms with Crippen molar-refractivity contribution < 1.29 is 4.79 Å². The Morgan fingerprint density at radius 1 is 1.20 bits per heavy atom. The molecule has 5 nitrogen and oxygen atoms in total. The van der Waals surface area contributed by atoms with E-state index in [0.29, 0.717) is 20.9 Å². The Morgan fingerprint density at radius 3 is 2.72 bits per heavy atom. The second-order valence-electron chi connectivity index (χ2n) is 5.19. The van der Waals surface area contributed by atoms with Crippen LogP contribution in [0.2, 0.25) is 10.0 Å². The van der Waals surface area contributed by atoms with E-state index >= 15 is 0 Å². The highest BCUT2D eigenvalue weighted by Crippen LogP contribution is 2.28. The number of benzene rings is 2. The molecule has 8 heteroatoms. The summed E-state index contributed by atoms with van der Waals surface area (Å²) in [5.74, 6) is -0.197. The fourth-order valence-electron chi connectivity index (χ4n) is 2.11. The largest absolute Gasteiger partial charge is 0.324 e. The van der Waals surface area contributed by atoms with Crippen LogP contribution >= 0.6 is 35.0 Å². The number of nitrogens with zero attached hydrogens (tertiary/aromatic N) is 3. The molecular weight excluding hydrogens is 379 g/mol. The SMILES string of the molecule is C[C@@H](Sc1nncn1-c1ccccc1)C(=O)Nc1cc(Cl)ccc1Cl. The first-order valence-electron chi connectivity index (χ1n) is 7.42. The number of rotatable bonds is 5. The number of para-hydroxylation sites is 1. The van der Waals surface area contributed by atoms with Gasteiger partial charge in [-0.15, -0.1) is 10.2 Å². The number of carbonyl (C=O) groups excluding carboxylic acids is 1. The Hall–Kier alpha value is -2.02. The lowest BCUT2D eigenvalue weighted by atomic mass is 10.3. The molecule has 0 radical (unpaired) electrons. The van der Waals surface area contributed by atoms with E-state index in [4.69, 9.17) is 23.2 Å². The molecule has 25 heavy (non-hydrogen) atoms. The number of carbonyl (C=O) groups is 1. The zero-order chi connectivity index (χ0) is 17.8. The molecule has 0 aliphatic rings. The fourth-order valence-corrected chi connectivity index (χ4v) is 3.29. The number of anilines is 1. The summed E-state index contributed by atoms with van der Waals surface area (Å²) in [6, 6.07) is 14.6. The van der Waals surface area contributed by atoms with Crippen molar-refractivity contribution in [3.05, 3.63) is 64.9 Å². The standard InChI is InChI=1S/C17H14Cl2N4OS/c1-11(16(24)21-15-9-12(18)7-8-14(15)19)25-17-22-20-10-23(17)13-5-3-2-4-6-13/h2-11H,1H3,(H,21,24)/t11-/m1/s1. The minimum atomic E-state index is -0.401. The van der Waals surface area contributed by atoms with E-state index < -0.39 is 5.25 Å². The number of hydrogen-bond acceptors (Lipinski definition) is 4. The van der Waals surface area contributed by atoms with E-state index in [-0.39, 0.29) is 5.91 Å². The van der Waals surface area contributed by atoms with Crippen molar-refractivity contribution in [2.75, 3.05) is 5.32 Å². The number of amides is 1. The van der Waals surface area contributed by atoms with E-state index in [1.807, 2.05) is 34.9 Å². The van der Waals surface area contributed by atoms with Crippen LogP contribution in [0, 0.1) is 0 Å². The molecule has 1 amide bonds. The third kappa shape index (κ3) is 4.34. The Bertz CT molecular complexity index is 885. The first kappa shape index (κ1) is 17.8. The number of halogens is 2. The van der Waals surface area contributed by atoms with Gasteiger partial charge < -0.3 is 5.32 Å². The zero-order valence-corrected chi connectivity index (χ0v) is 15.5. The number of hydrogen-bond donors (Lipinski definition) is 1. The van der Waals surface area contributed by atoms with Crippen molar-refractivity contribution in [3.8, 4) is 5.69 Å². The average Bonchev–Trinajstić information content (AvgIpc) is 3.07. The number of aromatic nitrogens is 3. The quantitative estimate of drug-likeness (QED) is 0.639. The van der Waals surface area contributed by atoms with E-state index in [1.165, 1.54) is 11.8 Å². The summed E-state index contributed by atoms with van der Waals surface area (Å²) in [5.41, 5.74) is 1.41. The van der Waals surface area contributed by atoms with Crippen LogP contribution in [0.3, 0.4) is 0 Å². The summed E-state index contributed by atoms with van der Waals surface area (Å²) in [7, 11) is 0. The first-order valence-corrected chi connectivity index (χ1v) is 9.06. The summed E-state index contributed by atoms with van der Waals surface area (Å²) in [6.45, 7) is 1.79. The van der Waals surface area contributed by atoms with Gasteiger partial charge in [-0.25, -0.2) is 0 Å². The van der Waals surface area contributed by atoms with Gasteiger partial charge in [0, 0.05) is 10.7 Å². The van der Waals surface area contributed by atoms with Crippen molar-refractivity contribution in [3.63, 3.8) is 0 Å². The van der Waals surface area contributed by atoms with Gasteiger partial charge in [-0.05, 0) is 37.3 Å². The van der Waals surface area contributed by atoms with Crippen molar-refractivity contribution >= 4 is 46.6 Å². The van der Waals surface area contributed by atoms with Gasteiger partial charge in [-0.3, -0.25) is 9.36 Å². The second-order valence-corrected chi connectivity index (χ2v) is 7.34. The predicted octanol–water partition coefficient (Wildman–Crippen LogP) is 4.69. The van der Waals surface area contributed by atoms with E-state index in [9.17, 15) is 4.79 Å². The van der Waals surface area contributed by atoms with E-state index in [2.05, 4.69) is 15.5 Å². The molecule has 3 rings (SSSR count). The second kappa shape index (κ2) is 7.91. The van der Waals surface area contributed by atoms with Crippen molar-refractivity contribution in [2.45, 2.75) is 17.3 Å². The average molecular weight is 393 g/mol. The molecular formula is C17H14Cl2N4OS. The Kier molecular flexibility index (Phi) is 5.63. The molecule has 0 fully saturated rings. The molecule has 1 N–H and O–H groups in total. The Balaban J connectivity index is 1.73. The molecule has 0 spiro atoms. The Labute approximate surface area is 159 Å². The molecule has 0 saturated heterocycles. The monoisotopic (exact) mass is 392 g/mol. The third-order valence-corrected chi connectivity index (χ3v) is 5.01. The van der Waals surface area contributed by atoms with Gasteiger partial charge in [-0.2, -0.15) is 0 Å². The van der Waals surface area contributed by atoms with E-state index in [0.717, 1.165) is 5.69 Å². The summed E-state index contributed by atoms with van der Waals surface area (Å²) < 4.78 is 1.83. The van der Waals surface area contributed by atoms with Gasteiger partial charge in [0.15, 0.2) is 5.16 Å². The van der Waals surface area contributed by atoms with Crippen LogP contribution < -0.4 is 5.32 Å². The van der Waals surface area contributed by atoms with Gasteiger partial charge in [0.1, 0.15) is 6.33 Å². The molecule has 0 unspecified atom stereocenters. The molecule has 1 aromatic heterocycles. The van der Waals surface area contributed by atoms with Gasteiger partial charge in [0.2, 0.25) is 5.91 Å². The fraction of sp³-hybridized carbons (Fsp3) is 0.118. The zero-order valence-electron chi connectivity index (χ0n) is 13.2. The summed E-state index contributed by atoms with van der Waals surface area (Å²) in [5, 5.41) is 12.0. The molecule has 1 heterocycles. The van der Waals surface area contributed by atoms with Crippen LogP contribution in [0.25, 0.3) is 5.69 Å². The maximum absolute atomic E-state index is 12.5. The van der Waals surface area contributed by atoms with Crippen LogP contribution in [0.1, 0.15) is 6.92 Å². The van der Waals surface area contributed by atoms with Crippen LogP contribution in [-0.4, -0.2) is 25.9 Å². The molecule has 128 valence electrons. The number of thioether (sulfide) groups is 1.